The van der Waals surface area contributed by atoms with Gasteiger partial charge in [0.25, 0.3) is 5.91 Å². The Kier molecular flexibility index (Phi) is 6.13. The van der Waals surface area contributed by atoms with Gasteiger partial charge in [-0.25, -0.2) is 4.39 Å². The molecule has 0 aromatic heterocycles. The Balaban J connectivity index is 1.46. The van der Waals surface area contributed by atoms with E-state index in [4.69, 9.17) is 9.47 Å². The second kappa shape index (κ2) is 8.73. The van der Waals surface area contributed by atoms with E-state index in [9.17, 15) is 14.3 Å². The molecule has 1 aliphatic rings. The van der Waals surface area contributed by atoms with Crippen molar-refractivity contribution in [3.63, 3.8) is 0 Å². The van der Waals surface area contributed by atoms with Crippen LogP contribution in [-0.2, 0) is 11.3 Å². The fraction of sp³-hybridized carbons (Fsp3) is 0.350. The topological polar surface area (TPSA) is 62.2 Å². The molecule has 0 atom stereocenters. The Bertz CT molecular complexity index is 791. The van der Waals surface area contributed by atoms with Crippen molar-refractivity contribution in [2.75, 3.05) is 39.9 Å². The van der Waals surface area contributed by atoms with Crippen LogP contribution in [0.1, 0.15) is 5.56 Å². The van der Waals surface area contributed by atoms with Gasteiger partial charge in [0.05, 0.1) is 7.11 Å². The van der Waals surface area contributed by atoms with Crippen LogP contribution in [0.15, 0.2) is 42.5 Å². The van der Waals surface area contributed by atoms with E-state index in [2.05, 4.69) is 4.90 Å². The van der Waals surface area contributed by atoms with Crippen LogP contribution >= 0.6 is 0 Å². The zero-order valence-electron chi connectivity index (χ0n) is 15.2. The lowest BCUT2D eigenvalue weighted by Crippen LogP contribution is -2.49. The SMILES string of the molecule is COc1ccc(CN2CCN(C(=O)COc3ccccc3O)CC2)cc1F. The van der Waals surface area contributed by atoms with Crippen LogP contribution < -0.4 is 9.47 Å². The standard InChI is InChI=1S/C20H23FN2O4/c1-26-18-7-6-15(12-16(18)21)13-22-8-10-23(11-9-22)20(25)14-27-19-5-3-2-4-17(19)24/h2-7,12,24H,8-11,13-14H2,1H3. The van der Waals surface area contributed by atoms with Crippen molar-refractivity contribution in [3.8, 4) is 17.2 Å². The highest BCUT2D eigenvalue weighted by atomic mass is 19.1. The average molecular weight is 374 g/mol. The van der Waals surface area contributed by atoms with Crippen molar-refractivity contribution in [2.45, 2.75) is 6.54 Å². The van der Waals surface area contributed by atoms with Crippen molar-refractivity contribution in [2.24, 2.45) is 0 Å². The third-order valence-corrected chi connectivity index (χ3v) is 4.56. The molecule has 3 rings (SSSR count). The lowest BCUT2D eigenvalue weighted by atomic mass is 10.2. The number of hydrogen-bond donors (Lipinski definition) is 1. The molecule has 0 spiro atoms. The summed E-state index contributed by atoms with van der Waals surface area (Å²) < 4.78 is 24.1. The molecule has 0 bridgehead atoms. The van der Waals surface area contributed by atoms with Gasteiger partial charge < -0.3 is 19.5 Å². The number of aromatic hydroxyl groups is 1. The predicted octanol–water partition coefficient (Wildman–Crippen LogP) is 2.26. The number of phenols is 1. The number of halogens is 1. The van der Waals surface area contributed by atoms with Crippen LogP contribution in [0.4, 0.5) is 4.39 Å². The van der Waals surface area contributed by atoms with Crippen LogP contribution in [0.25, 0.3) is 0 Å². The number of piperazine rings is 1. The molecule has 2 aromatic carbocycles. The third kappa shape index (κ3) is 4.89. The summed E-state index contributed by atoms with van der Waals surface area (Å²) in [7, 11) is 1.44. The van der Waals surface area contributed by atoms with Crippen LogP contribution in [-0.4, -0.2) is 60.7 Å². The van der Waals surface area contributed by atoms with E-state index < -0.39 is 0 Å². The van der Waals surface area contributed by atoms with Gasteiger partial charge in [-0.05, 0) is 29.8 Å². The lowest BCUT2D eigenvalue weighted by molar-refractivity contribution is -0.135. The predicted molar refractivity (Wildman–Crippen MR) is 98.4 cm³/mol. The molecule has 0 unspecified atom stereocenters. The number of hydrogen-bond acceptors (Lipinski definition) is 5. The molecule has 2 aromatic rings. The first-order chi connectivity index (χ1) is 13.1. The normalized spacial score (nSPS) is 14.8. The van der Waals surface area contributed by atoms with Gasteiger partial charge in [0.2, 0.25) is 0 Å². The molecule has 1 saturated heterocycles. The van der Waals surface area contributed by atoms with Crippen molar-refractivity contribution in [1.82, 2.24) is 9.80 Å². The monoisotopic (exact) mass is 374 g/mol. The molecule has 144 valence electrons. The summed E-state index contributed by atoms with van der Waals surface area (Å²) >= 11 is 0. The summed E-state index contributed by atoms with van der Waals surface area (Å²) in [6.07, 6.45) is 0. The minimum Gasteiger partial charge on any atom is -0.504 e. The van der Waals surface area contributed by atoms with Crippen LogP contribution in [0.2, 0.25) is 0 Å². The highest BCUT2D eigenvalue weighted by molar-refractivity contribution is 5.78. The fourth-order valence-corrected chi connectivity index (χ4v) is 3.03. The Morgan fingerprint density at radius 2 is 1.85 bits per heavy atom. The minimum atomic E-state index is -0.370. The molecular formula is C20H23FN2O4. The molecule has 7 heteroatoms. The number of carbonyl (C=O) groups is 1. The van der Waals surface area contributed by atoms with Gasteiger partial charge in [0.15, 0.2) is 29.7 Å². The Morgan fingerprint density at radius 3 is 2.52 bits per heavy atom. The summed E-state index contributed by atoms with van der Waals surface area (Å²) in [6, 6.07) is 11.5. The zero-order valence-corrected chi connectivity index (χ0v) is 15.2. The van der Waals surface area contributed by atoms with Gasteiger partial charge >= 0.3 is 0 Å². The third-order valence-electron chi connectivity index (χ3n) is 4.56. The summed E-state index contributed by atoms with van der Waals surface area (Å²) in [5.74, 6) is 0.0602. The number of methoxy groups -OCH3 is 1. The van der Waals surface area contributed by atoms with E-state index in [1.807, 2.05) is 6.07 Å². The van der Waals surface area contributed by atoms with Gasteiger partial charge in [-0.1, -0.05) is 18.2 Å². The molecule has 0 saturated carbocycles. The average Bonchev–Trinajstić information content (AvgIpc) is 2.68. The van der Waals surface area contributed by atoms with E-state index in [-0.39, 0.29) is 29.8 Å². The molecular weight excluding hydrogens is 351 g/mol. The van der Waals surface area contributed by atoms with Gasteiger partial charge in [0, 0.05) is 32.7 Å². The van der Waals surface area contributed by atoms with Crippen molar-refractivity contribution < 1.29 is 23.8 Å². The Hall–Kier alpha value is -2.80. The van der Waals surface area contributed by atoms with Gasteiger partial charge in [-0.3, -0.25) is 9.69 Å². The summed E-state index contributed by atoms with van der Waals surface area (Å²) in [4.78, 5) is 16.2. The van der Waals surface area contributed by atoms with E-state index in [0.29, 0.717) is 38.5 Å². The summed E-state index contributed by atoms with van der Waals surface area (Å²) in [5, 5.41) is 9.67. The largest absolute Gasteiger partial charge is 0.504 e. The fourth-order valence-electron chi connectivity index (χ4n) is 3.03. The molecule has 6 nitrogen and oxygen atoms in total. The second-order valence-electron chi connectivity index (χ2n) is 6.38. The van der Waals surface area contributed by atoms with Crippen LogP contribution in [0, 0.1) is 5.82 Å². The van der Waals surface area contributed by atoms with Crippen molar-refractivity contribution in [1.29, 1.82) is 0 Å². The van der Waals surface area contributed by atoms with E-state index in [1.165, 1.54) is 19.2 Å². The minimum absolute atomic E-state index is 0.0156. The first-order valence-electron chi connectivity index (χ1n) is 8.80. The maximum Gasteiger partial charge on any atom is 0.260 e. The Labute approximate surface area is 157 Å². The highest BCUT2D eigenvalue weighted by Crippen LogP contribution is 2.24. The van der Waals surface area contributed by atoms with Crippen molar-refractivity contribution >= 4 is 5.91 Å². The second-order valence-corrected chi connectivity index (χ2v) is 6.38. The number of amides is 1. The number of nitrogens with zero attached hydrogens (tertiary/aromatic N) is 2. The summed E-state index contributed by atoms with van der Waals surface area (Å²) in [5.41, 5.74) is 0.871. The number of ether oxygens (including phenoxy) is 2. The van der Waals surface area contributed by atoms with Gasteiger partial charge in [0.1, 0.15) is 0 Å². The van der Waals surface area contributed by atoms with Crippen LogP contribution in [0.5, 0.6) is 17.2 Å². The molecule has 0 aliphatic carbocycles. The lowest BCUT2D eigenvalue weighted by Gasteiger charge is -2.34. The highest BCUT2D eigenvalue weighted by Gasteiger charge is 2.22. The first kappa shape index (κ1) is 19.0. The molecule has 1 fully saturated rings. The number of para-hydroxylation sites is 2. The quantitative estimate of drug-likeness (QED) is 0.840. The number of phenolic OH excluding ortho intramolecular Hbond substituents is 1. The number of rotatable bonds is 6. The zero-order chi connectivity index (χ0) is 19.2. The van der Waals surface area contributed by atoms with E-state index >= 15 is 0 Å². The Morgan fingerprint density at radius 1 is 1.11 bits per heavy atom. The number of carbonyl (C=O) groups excluding carboxylic acids is 1. The molecule has 1 aliphatic heterocycles. The smallest absolute Gasteiger partial charge is 0.260 e. The maximum atomic E-state index is 13.8. The molecule has 1 amide bonds. The van der Waals surface area contributed by atoms with Crippen molar-refractivity contribution in [3.05, 3.63) is 53.8 Å². The van der Waals surface area contributed by atoms with E-state index in [1.54, 1.807) is 29.2 Å². The van der Waals surface area contributed by atoms with Crippen LogP contribution in [0.3, 0.4) is 0 Å². The molecule has 1 N–H and O–H groups in total. The number of benzene rings is 2. The van der Waals surface area contributed by atoms with Gasteiger partial charge in [-0.15, -0.1) is 0 Å². The summed E-state index contributed by atoms with van der Waals surface area (Å²) in [6.45, 7) is 3.09. The first-order valence-corrected chi connectivity index (χ1v) is 8.80. The maximum absolute atomic E-state index is 13.8. The van der Waals surface area contributed by atoms with E-state index in [0.717, 1.165) is 5.56 Å². The molecule has 1 heterocycles. The molecule has 0 radical (unpaired) electrons. The van der Waals surface area contributed by atoms with Gasteiger partial charge in [-0.2, -0.15) is 0 Å². The molecule has 27 heavy (non-hydrogen) atoms.